The highest BCUT2D eigenvalue weighted by atomic mass is 15.3. The molecule has 0 radical (unpaired) electrons. The van der Waals surface area contributed by atoms with Crippen LogP contribution in [0.1, 0.15) is 126 Å². The van der Waals surface area contributed by atoms with E-state index in [1.54, 1.807) is 0 Å². The fraction of sp³-hybridized carbons (Fsp3) is 0.300. The molecule has 0 aliphatic carbocycles. The van der Waals surface area contributed by atoms with E-state index in [4.69, 9.17) is 0 Å². The third-order valence-corrected chi connectivity index (χ3v) is 14.8. The minimum Gasteiger partial charge on any atom is -0.371 e. The van der Waals surface area contributed by atoms with Gasteiger partial charge in [0.15, 0.2) is 0 Å². The summed E-state index contributed by atoms with van der Waals surface area (Å²) in [4.78, 5) is 5.42. The maximum atomic E-state index is 4.28. The lowest BCUT2D eigenvalue weighted by Gasteiger charge is -2.47. The molecule has 5 atom stereocenters. The Labute approximate surface area is 386 Å². The zero-order valence-electron chi connectivity index (χ0n) is 37.9. The highest BCUT2D eigenvalue weighted by Gasteiger charge is 2.38. The Kier molecular flexibility index (Phi) is 12.2. The summed E-state index contributed by atoms with van der Waals surface area (Å²) in [6.07, 6.45) is 9.04. The molecular formula is C60H63N5. The van der Waals surface area contributed by atoms with E-state index in [-0.39, 0.29) is 36.5 Å². The molecule has 0 spiro atoms. The highest BCUT2D eigenvalue weighted by Crippen LogP contribution is 2.45. The van der Waals surface area contributed by atoms with Crippen LogP contribution in [-0.4, -0.2) is 24.5 Å². The molecule has 0 aromatic heterocycles. The Morgan fingerprint density at radius 1 is 0.462 bits per heavy atom. The lowest BCUT2D eigenvalue weighted by Crippen LogP contribution is -2.48. The molecule has 0 bridgehead atoms. The van der Waals surface area contributed by atoms with Crippen LogP contribution in [0.25, 0.3) is 22.3 Å². The van der Waals surface area contributed by atoms with E-state index in [9.17, 15) is 0 Å². The average molecular weight is 854 g/mol. The fourth-order valence-electron chi connectivity index (χ4n) is 11.6. The van der Waals surface area contributed by atoms with Crippen molar-refractivity contribution in [3.05, 3.63) is 220 Å². The second-order valence-corrected chi connectivity index (χ2v) is 19.0. The van der Waals surface area contributed by atoms with E-state index in [2.05, 4.69) is 209 Å². The van der Waals surface area contributed by atoms with Crippen LogP contribution in [0, 0.1) is 0 Å². The molecule has 4 aliphatic heterocycles. The van der Waals surface area contributed by atoms with Gasteiger partial charge in [0, 0.05) is 49.5 Å². The maximum absolute atomic E-state index is 4.28. The SMILES string of the molecule is CCCCN1C(c2ccccc2)CC(c2ccccc2)NC1c1cc(-c2ccc(-c3cc4c5c(c3)CCCN5CCC4)cc2)cc(C2NC(c3ccccc3)CC(c3ccccc3)N2)c1. The molecule has 5 unspecified atom stereocenters. The molecular weight excluding hydrogens is 791 g/mol. The molecule has 4 aliphatic rings. The molecule has 328 valence electrons. The van der Waals surface area contributed by atoms with Crippen molar-refractivity contribution in [1.29, 1.82) is 0 Å². The van der Waals surface area contributed by atoms with Crippen LogP contribution in [0.4, 0.5) is 5.69 Å². The van der Waals surface area contributed by atoms with Crippen LogP contribution in [-0.2, 0) is 12.8 Å². The van der Waals surface area contributed by atoms with Crippen LogP contribution < -0.4 is 20.9 Å². The van der Waals surface area contributed by atoms with E-state index in [1.165, 1.54) is 111 Å². The van der Waals surface area contributed by atoms with Crippen molar-refractivity contribution in [2.45, 2.75) is 94.8 Å². The molecule has 3 N–H and O–H groups in total. The minimum atomic E-state index is -0.0771. The van der Waals surface area contributed by atoms with Crippen molar-refractivity contribution in [3.63, 3.8) is 0 Å². The van der Waals surface area contributed by atoms with E-state index in [1.807, 2.05) is 0 Å². The van der Waals surface area contributed by atoms with Crippen LogP contribution in [0.5, 0.6) is 0 Å². The molecule has 0 saturated carbocycles. The number of unbranched alkanes of at least 4 members (excludes halogenated alkanes) is 1. The molecule has 7 aromatic carbocycles. The Morgan fingerprint density at radius 2 is 0.938 bits per heavy atom. The molecule has 0 amide bonds. The van der Waals surface area contributed by atoms with E-state index in [0.29, 0.717) is 0 Å². The first-order chi connectivity index (χ1) is 32.1. The van der Waals surface area contributed by atoms with Gasteiger partial charge in [0.2, 0.25) is 0 Å². The Balaban J connectivity index is 1.03. The largest absolute Gasteiger partial charge is 0.371 e. The number of nitrogens with one attached hydrogen (secondary N) is 3. The van der Waals surface area contributed by atoms with Gasteiger partial charge in [-0.1, -0.05) is 159 Å². The van der Waals surface area contributed by atoms with Gasteiger partial charge in [0.1, 0.15) is 0 Å². The lowest BCUT2D eigenvalue weighted by atomic mass is 9.86. The van der Waals surface area contributed by atoms with Crippen molar-refractivity contribution in [2.24, 2.45) is 0 Å². The van der Waals surface area contributed by atoms with Crippen molar-refractivity contribution in [3.8, 4) is 22.3 Å². The molecule has 2 fully saturated rings. The first-order valence-corrected chi connectivity index (χ1v) is 24.6. The zero-order chi connectivity index (χ0) is 43.5. The van der Waals surface area contributed by atoms with Gasteiger partial charge in [-0.15, -0.1) is 0 Å². The number of nitrogens with zero attached hydrogens (tertiary/aromatic N) is 2. The summed E-state index contributed by atoms with van der Waals surface area (Å²) >= 11 is 0. The first kappa shape index (κ1) is 41.9. The van der Waals surface area contributed by atoms with Gasteiger partial charge in [0.05, 0.1) is 12.3 Å². The van der Waals surface area contributed by atoms with Gasteiger partial charge in [-0.05, 0) is 142 Å². The van der Waals surface area contributed by atoms with Gasteiger partial charge in [0.25, 0.3) is 0 Å². The van der Waals surface area contributed by atoms with E-state index < -0.39 is 0 Å². The summed E-state index contributed by atoms with van der Waals surface area (Å²) in [6.45, 7) is 5.73. The molecule has 2 saturated heterocycles. The predicted molar refractivity (Wildman–Crippen MR) is 269 cm³/mol. The zero-order valence-corrected chi connectivity index (χ0v) is 37.9. The fourth-order valence-corrected chi connectivity index (χ4v) is 11.6. The number of hydrogen-bond donors (Lipinski definition) is 3. The molecule has 5 heteroatoms. The number of aryl methyl sites for hydroxylation is 2. The summed E-state index contributed by atoms with van der Waals surface area (Å²) in [5.74, 6) is 0. The topological polar surface area (TPSA) is 42.6 Å². The number of benzene rings is 7. The second-order valence-electron chi connectivity index (χ2n) is 19.0. The first-order valence-electron chi connectivity index (χ1n) is 24.6. The van der Waals surface area contributed by atoms with Gasteiger partial charge >= 0.3 is 0 Å². The lowest BCUT2D eigenvalue weighted by molar-refractivity contribution is 0.0418. The Hall–Kier alpha value is -5.82. The quantitative estimate of drug-likeness (QED) is 0.121. The Bertz CT molecular complexity index is 2590. The van der Waals surface area contributed by atoms with Gasteiger partial charge in [-0.3, -0.25) is 20.9 Å². The molecule has 7 aromatic rings. The molecule has 65 heavy (non-hydrogen) atoms. The third kappa shape index (κ3) is 8.83. The molecule has 5 nitrogen and oxygen atoms in total. The van der Waals surface area contributed by atoms with Crippen LogP contribution >= 0.6 is 0 Å². The number of hydrogen-bond acceptors (Lipinski definition) is 5. The van der Waals surface area contributed by atoms with Crippen LogP contribution in [0.3, 0.4) is 0 Å². The highest BCUT2D eigenvalue weighted by molar-refractivity contribution is 5.76. The normalized spacial score (nSPS) is 23.2. The van der Waals surface area contributed by atoms with Crippen molar-refractivity contribution in [2.75, 3.05) is 24.5 Å². The van der Waals surface area contributed by atoms with E-state index in [0.717, 1.165) is 32.2 Å². The van der Waals surface area contributed by atoms with Crippen LogP contribution in [0.2, 0.25) is 0 Å². The molecule has 4 heterocycles. The predicted octanol–water partition coefficient (Wildman–Crippen LogP) is 13.4. The van der Waals surface area contributed by atoms with E-state index >= 15 is 0 Å². The summed E-state index contributed by atoms with van der Waals surface area (Å²) < 4.78 is 0. The summed E-state index contributed by atoms with van der Waals surface area (Å²) in [5.41, 5.74) is 17.7. The molecule has 11 rings (SSSR count). The van der Waals surface area contributed by atoms with Crippen molar-refractivity contribution in [1.82, 2.24) is 20.9 Å². The summed E-state index contributed by atoms with van der Waals surface area (Å²) in [7, 11) is 0. The van der Waals surface area contributed by atoms with Gasteiger partial charge in [-0.2, -0.15) is 0 Å². The smallest absolute Gasteiger partial charge is 0.0871 e. The minimum absolute atomic E-state index is 0.00541. The maximum Gasteiger partial charge on any atom is 0.0871 e. The number of anilines is 1. The van der Waals surface area contributed by atoms with Crippen LogP contribution in [0.15, 0.2) is 176 Å². The average Bonchev–Trinajstić information content (AvgIpc) is 3.38. The number of rotatable bonds is 11. The summed E-state index contributed by atoms with van der Waals surface area (Å²) in [6, 6.07) is 67.2. The van der Waals surface area contributed by atoms with Gasteiger partial charge in [-0.25, -0.2) is 0 Å². The van der Waals surface area contributed by atoms with Crippen molar-refractivity contribution >= 4 is 5.69 Å². The Morgan fingerprint density at radius 3 is 1.46 bits per heavy atom. The standard InChI is InChI=1S/C60H63N5/c1-2-3-34-65-57(47-24-14-7-15-25-47)41-56(46-22-12-6-13-23-46)63-60(65)53-38-51(43-30-28-42(29-31-43)50-35-48-26-16-32-64-33-17-27-49(36-50)58(48)64)37-52(39-53)59-61-54(44-18-8-4-9-19-44)40-55(62-59)45-20-10-5-11-21-45/h4-15,18-25,28-31,35-39,54-57,59-63H,2-3,16-17,26-27,32-34,40-41H2,1H3. The summed E-state index contributed by atoms with van der Waals surface area (Å²) in [5, 5.41) is 12.5. The van der Waals surface area contributed by atoms with Crippen molar-refractivity contribution < 1.29 is 0 Å². The third-order valence-electron chi connectivity index (χ3n) is 14.8. The van der Waals surface area contributed by atoms with Gasteiger partial charge < -0.3 is 4.90 Å². The monoisotopic (exact) mass is 854 g/mol. The second kappa shape index (κ2) is 19.0.